The number of morpholine rings is 1. The van der Waals surface area contributed by atoms with E-state index in [9.17, 15) is 25.2 Å². The Labute approximate surface area is 208 Å². The predicted molar refractivity (Wildman–Crippen MR) is 132 cm³/mol. The van der Waals surface area contributed by atoms with Crippen LogP contribution in [0.25, 0.3) is 21.8 Å². The Morgan fingerprint density at radius 2 is 1.69 bits per heavy atom. The average molecular weight is 495 g/mol. The fraction of sp³-hybridized carbons (Fsp3) is 0.444. The van der Waals surface area contributed by atoms with Gasteiger partial charge in [-0.25, -0.2) is 0 Å². The van der Waals surface area contributed by atoms with Crippen molar-refractivity contribution in [2.75, 3.05) is 32.9 Å². The van der Waals surface area contributed by atoms with Crippen LogP contribution in [0.5, 0.6) is 0 Å². The van der Waals surface area contributed by atoms with Crippen LogP contribution in [0.2, 0.25) is 0 Å². The van der Waals surface area contributed by atoms with Crippen LogP contribution in [-0.4, -0.2) is 99.2 Å². The Morgan fingerprint density at radius 3 is 2.42 bits per heavy atom. The van der Waals surface area contributed by atoms with Gasteiger partial charge in [0.15, 0.2) is 0 Å². The molecule has 0 radical (unpaired) electrons. The van der Waals surface area contributed by atoms with Crippen molar-refractivity contribution in [1.82, 2.24) is 9.47 Å². The number of rotatable bonds is 3. The molecule has 1 amide bonds. The lowest BCUT2D eigenvalue weighted by atomic mass is 9.95. The summed E-state index contributed by atoms with van der Waals surface area (Å²) >= 11 is 0. The van der Waals surface area contributed by atoms with E-state index < -0.39 is 37.1 Å². The van der Waals surface area contributed by atoms with E-state index in [0.717, 1.165) is 27.4 Å². The van der Waals surface area contributed by atoms with Gasteiger partial charge in [-0.15, -0.1) is 0 Å². The van der Waals surface area contributed by atoms with Gasteiger partial charge in [0.2, 0.25) is 5.91 Å². The van der Waals surface area contributed by atoms with E-state index in [1.54, 1.807) is 0 Å². The average Bonchev–Trinajstić information content (AvgIpc) is 3.19. The number of amides is 1. The summed E-state index contributed by atoms with van der Waals surface area (Å²) in [5.41, 5.74) is 3.55. The molecular formula is C27H30N2O7. The summed E-state index contributed by atoms with van der Waals surface area (Å²) in [5, 5.41) is 41.7. The van der Waals surface area contributed by atoms with Gasteiger partial charge in [-0.1, -0.05) is 30.0 Å². The van der Waals surface area contributed by atoms with E-state index in [2.05, 4.69) is 24.0 Å². The van der Waals surface area contributed by atoms with Crippen molar-refractivity contribution in [3.05, 3.63) is 47.5 Å². The molecule has 5 rings (SSSR count). The Hall–Kier alpha value is -2.97. The molecule has 0 spiro atoms. The molecule has 2 saturated heterocycles. The SMILES string of the molecule is Cc1ccc2c3ccc(C#C[C@H]4O[C@H](CO)[C@@H](O)[C@H](O)[C@@H]4O)cc3n(CC(=O)N3CCOCC3)c2c1. The van der Waals surface area contributed by atoms with E-state index in [0.29, 0.717) is 31.9 Å². The summed E-state index contributed by atoms with van der Waals surface area (Å²) in [5.74, 6) is 5.83. The van der Waals surface area contributed by atoms with Gasteiger partial charge in [-0.05, 0) is 30.7 Å². The molecule has 190 valence electrons. The zero-order chi connectivity index (χ0) is 25.4. The van der Waals surface area contributed by atoms with Crippen LogP contribution >= 0.6 is 0 Å². The van der Waals surface area contributed by atoms with E-state index in [1.165, 1.54) is 0 Å². The molecule has 4 N–H and O–H groups in total. The third kappa shape index (κ3) is 4.60. The van der Waals surface area contributed by atoms with Crippen LogP contribution in [0, 0.1) is 18.8 Å². The van der Waals surface area contributed by atoms with Gasteiger partial charge in [0.1, 0.15) is 37.1 Å². The lowest BCUT2D eigenvalue weighted by molar-refractivity contribution is -0.214. The van der Waals surface area contributed by atoms with E-state index in [1.807, 2.05) is 40.7 Å². The minimum Gasteiger partial charge on any atom is -0.394 e. The van der Waals surface area contributed by atoms with Crippen molar-refractivity contribution < 1.29 is 34.7 Å². The van der Waals surface area contributed by atoms with Gasteiger partial charge < -0.3 is 39.4 Å². The van der Waals surface area contributed by atoms with Gasteiger partial charge in [-0.3, -0.25) is 4.79 Å². The fourth-order valence-corrected chi connectivity index (χ4v) is 4.88. The minimum atomic E-state index is -1.48. The summed E-state index contributed by atoms with van der Waals surface area (Å²) < 4.78 is 12.9. The van der Waals surface area contributed by atoms with Crippen molar-refractivity contribution in [2.45, 2.75) is 44.0 Å². The maximum Gasteiger partial charge on any atom is 0.242 e. The first-order chi connectivity index (χ1) is 17.4. The quantitative estimate of drug-likeness (QED) is 0.382. The zero-order valence-corrected chi connectivity index (χ0v) is 20.0. The van der Waals surface area contributed by atoms with Crippen molar-refractivity contribution in [2.24, 2.45) is 0 Å². The first-order valence-corrected chi connectivity index (χ1v) is 12.1. The van der Waals surface area contributed by atoms with Crippen molar-refractivity contribution in [3.63, 3.8) is 0 Å². The number of aryl methyl sites for hydroxylation is 1. The van der Waals surface area contributed by atoms with Crippen molar-refractivity contribution in [1.29, 1.82) is 0 Å². The van der Waals surface area contributed by atoms with E-state index in [4.69, 9.17) is 9.47 Å². The zero-order valence-electron chi connectivity index (χ0n) is 20.0. The number of aliphatic hydroxyl groups is 4. The summed E-state index contributed by atoms with van der Waals surface area (Å²) in [6, 6.07) is 11.9. The molecule has 0 aliphatic carbocycles. The van der Waals surface area contributed by atoms with Crippen LogP contribution in [0.3, 0.4) is 0 Å². The number of hydrogen-bond donors (Lipinski definition) is 4. The molecule has 1 aromatic heterocycles. The summed E-state index contributed by atoms with van der Waals surface area (Å²) in [6.07, 6.45) is -6.41. The topological polar surface area (TPSA) is 125 Å². The van der Waals surface area contributed by atoms with Crippen LogP contribution < -0.4 is 0 Å². The summed E-state index contributed by atoms with van der Waals surface area (Å²) in [7, 11) is 0. The molecule has 2 aliphatic rings. The Bertz CT molecular complexity index is 1330. The number of aliphatic hydroxyl groups excluding tert-OH is 4. The molecule has 9 heteroatoms. The van der Waals surface area contributed by atoms with Gasteiger partial charge in [0.05, 0.1) is 25.3 Å². The maximum absolute atomic E-state index is 13.1. The molecule has 36 heavy (non-hydrogen) atoms. The third-order valence-electron chi connectivity index (χ3n) is 6.93. The van der Waals surface area contributed by atoms with Gasteiger partial charge in [0, 0.05) is 34.9 Å². The number of carbonyl (C=O) groups excluding carboxylic acids is 1. The molecular weight excluding hydrogens is 464 g/mol. The standard InChI is InChI=1S/C27H30N2O7/c1-16-2-5-18-19-6-3-17(4-7-22-25(32)27(34)26(33)23(15-30)36-22)13-21(19)29(20(18)12-16)14-24(31)28-8-10-35-11-9-28/h2-3,5-6,12-13,22-23,25-27,30,32-34H,8-11,14-15H2,1H3/t22-,23-,25-,26-,27-/m1/s1. The molecule has 3 heterocycles. The second-order valence-electron chi connectivity index (χ2n) is 9.35. The smallest absolute Gasteiger partial charge is 0.242 e. The normalized spacial score (nSPS) is 26.7. The van der Waals surface area contributed by atoms with E-state index >= 15 is 0 Å². The largest absolute Gasteiger partial charge is 0.394 e. The number of hydrogen-bond acceptors (Lipinski definition) is 7. The lowest BCUT2D eigenvalue weighted by Crippen LogP contribution is -2.58. The van der Waals surface area contributed by atoms with Crippen LogP contribution in [-0.2, 0) is 20.8 Å². The molecule has 2 aliphatic heterocycles. The maximum atomic E-state index is 13.1. The minimum absolute atomic E-state index is 0.0245. The third-order valence-corrected chi connectivity index (χ3v) is 6.93. The van der Waals surface area contributed by atoms with Gasteiger partial charge in [-0.2, -0.15) is 0 Å². The number of aromatic nitrogens is 1. The second kappa shape index (κ2) is 10.2. The highest BCUT2D eigenvalue weighted by Crippen LogP contribution is 2.31. The first-order valence-electron chi connectivity index (χ1n) is 12.1. The molecule has 5 atom stereocenters. The molecule has 3 aromatic rings. The molecule has 0 unspecified atom stereocenters. The number of benzene rings is 2. The Balaban J connectivity index is 1.51. The van der Waals surface area contributed by atoms with Crippen molar-refractivity contribution >= 4 is 27.7 Å². The summed E-state index contributed by atoms with van der Waals surface area (Å²) in [6.45, 7) is 3.92. The monoisotopic (exact) mass is 494 g/mol. The highest BCUT2D eigenvalue weighted by atomic mass is 16.5. The second-order valence-corrected chi connectivity index (χ2v) is 9.35. The predicted octanol–water partition coefficient (Wildman–Crippen LogP) is 0.156. The van der Waals surface area contributed by atoms with Crippen LogP contribution in [0.15, 0.2) is 36.4 Å². The highest BCUT2D eigenvalue weighted by molar-refractivity contribution is 6.09. The molecule has 0 bridgehead atoms. The van der Waals surface area contributed by atoms with Crippen molar-refractivity contribution in [3.8, 4) is 11.8 Å². The number of ether oxygens (including phenoxy) is 2. The molecule has 9 nitrogen and oxygen atoms in total. The molecule has 0 saturated carbocycles. The molecule has 2 aromatic carbocycles. The summed E-state index contributed by atoms with van der Waals surface area (Å²) in [4.78, 5) is 14.9. The number of fused-ring (bicyclic) bond motifs is 3. The lowest BCUT2D eigenvalue weighted by Gasteiger charge is -2.37. The number of carbonyl (C=O) groups is 1. The van der Waals surface area contributed by atoms with Gasteiger partial charge in [0.25, 0.3) is 0 Å². The highest BCUT2D eigenvalue weighted by Gasteiger charge is 2.42. The fourth-order valence-electron chi connectivity index (χ4n) is 4.88. The molecule has 2 fully saturated rings. The first kappa shape index (κ1) is 24.7. The van der Waals surface area contributed by atoms with Crippen LogP contribution in [0.1, 0.15) is 11.1 Å². The Morgan fingerprint density at radius 1 is 1.00 bits per heavy atom. The van der Waals surface area contributed by atoms with E-state index in [-0.39, 0.29) is 12.5 Å². The van der Waals surface area contributed by atoms with Gasteiger partial charge >= 0.3 is 0 Å². The Kier molecular flexibility index (Phi) is 6.99. The van der Waals surface area contributed by atoms with Crippen LogP contribution in [0.4, 0.5) is 0 Å². The number of nitrogens with zero attached hydrogens (tertiary/aromatic N) is 2.